The van der Waals surface area contributed by atoms with Gasteiger partial charge < -0.3 is 16.0 Å². The molecule has 1 aliphatic rings. The largest absolute Gasteiger partial charge is 0.324 e. The van der Waals surface area contributed by atoms with Crippen molar-refractivity contribution in [3.63, 3.8) is 0 Å². The van der Waals surface area contributed by atoms with Gasteiger partial charge in [-0.2, -0.15) is 0 Å². The van der Waals surface area contributed by atoms with E-state index in [-0.39, 0.29) is 12.1 Å². The minimum absolute atomic E-state index is 0.0368. The zero-order chi connectivity index (χ0) is 14.8. The van der Waals surface area contributed by atoms with Gasteiger partial charge in [0.2, 0.25) is 0 Å². The van der Waals surface area contributed by atoms with Gasteiger partial charge in [0.25, 0.3) is 0 Å². The molecule has 21 heavy (non-hydrogen) atoms. The number of rotatable bonds is 2. The molecule has 2 aromatic rings. The van der Waals surface area contributed by atoms with Crippen molar-refractivity contribution in [2.24, 2.45) is 5.73 Å². The highest BCUT2D eigenvalue weighted by Crippen LogP contribution is 2.24. The molecule has 2 heterocycles. The average Bonchev–Trinajstić information content (AvgIpc) is 2.94. The second kappa shape index (κ2) is 5.87. The number of thiophene rings is 1. The Labute approximate surface area is 128 Å². The lowest BCUT2D eigenvalue weighted by Gasteiger charge is -2.27. The highest BCUT2D eigenvalue weighted by atomic mass is 32.1. The van der Waals surface area contributed by atoms with E-state index in [4.69, 9.17) is 5.73 Å². The van der Waals surface area contributed by atoms with Crippen LogP contribution in [0.25, 0.3) is 0 Å². The topological polar surface area (TPSA) is 58.4 Å². The van der Waals surface area contributed by atoms with Crippen molar-refractivity contribution in [1.29, 1.82) is 0 Å². The number of anilines is 1. The quantitative estimate of drug-likeness (QED) is 0.893. The van der Waals surface area contributed by atoms with Crippen LogP contribution in [0, 0.1) is 0 Å². The van der Waals surface area contributed by atoms with Gasteiger partial charge in [0.1, 0.15) is 0 Å². The van der Waals surface area contributed by atoms with E-state index in [1.807, 2.05) is 36.1 Å². The number of nitrogens with two attached hydrogens (primary N) is 1. The third kappa shape index (κ3) is 3.09. The van der Waals surface area contributed by atoms with Crippen LogP contribution < -0.4 is 11.1 Å². The highest BCUT2D eigenvalue weighted by molar-refractivity contribution is 7.10. The smallest absolute Gasteiger partial charge is 0.322 e. The first-order chi connectivity index (χ1) is 10.1. The Bertz CT molecular complexity index is 650. The van der Waals surface area contributed by atoms with Gasteiger partial charge in [-0.05, 0) is 48.1 Å². The standard InChI is InChI=1S/C16H19N3OS/c1-11(17)12-3-2-4-14(9-12)18-16(20)19-7-5-15-13(10-19)6-8-21-15/h2-4,6,8-9,11H,5,7,10,17H2,1H3,(H,18,20). The fourth-order valence-electron chi connectivity index (χ4n) is 2.52. The molecule has 1 aromatic carbocycles. The highest BCUT2D eigenvalue weighted by Gasteiger charge is 2.21. The van der Waals surface area contributed by atoms with Crippen LogP contribution in [0.4, 0.5) is 10.5 Å². The number of nitrogens with one attached hydrogen (secondary N) is 1. The number of hydrogen-bond acceptors (Lipinski definition) is 3. The molecule has 0 bridgehead atoms. The van der Waals surface area contributed by atoms with Gasteiger partial charge in [-0.1, -0.05) is 12.1 Å². The molecule has 0 saturated carbocycles. The average molecular weight is 301 g/mol. The maximum absolute atomic E-state index is 12.4. The summed E-state index contributed by atoms with van der Waals surface area (Å²) in [6.45, 7) is 3.40. The van der Waals surface area contributed by atoms with Crippen LogP contribution in [0.2, 0.25) is 0 Å². The van der Waals surface area contributed by atoms with Gasteiger partial charge >= 0.3 is 6.03 Å². The van der Waals surface area contributed by atoms with Gasteiger partial charge in [-0.15, -0.1) is 11.3 Å². The van der Waals surface area contributed by atoms with Gasteiger partial charge in [-0.25, -0.2) is 4.79 Å². The normalized spacial score (nSPS) is 15.4. The summed E-state index contributed by atoms with van der Waals surface area (Å²) < 4.78 is 0. The summed E-state index contributed by atoms with van der Waals surface area (Å²) in [5, 5.41) is 5.06. The molecular weight excluding hydrogens is 282 g/mol. The molecule has 1 unspecified atom stereocenters. The van der Waals surface area contributed by atoms with Crippen LogP contribution in [-0.2, 0) is 13.0 Å². The number of urea groups is 1. The van der Waals surface area contributed by atoms with E-state index in [0.29, 0.717) is 6.54 Å². The predicted molar refractivity (Wildman–Crippen MR) is 86.5 cm³/mol. The van der Waals surface area contributed by atoms with Crippen LogP contribution in [0.1, 0.15) is 29.0 Å². The molecule has 0 aliphatic carbocycles. The SMILES string of the molecule is CC(N)c1cccc(NC(=O)N2CCc3sccc3C2)c1. The third-order valence-corrected chi connectivity index (χ3v) is 4.78. The first kappa shape index (κ1) is 14.1. The second-order valence-electron chi connectivity index (χ2n) is 5.38. The molecular formula is C16H19N3OS. The third-order valence-electron chi connectivity index (χ3n) is 3.76. The molecule has 0 fully saturated rings. The first-order valence-electron chi connectivity index (χ1n) is 7.10. The lowest BCUT2D eigenvalue weighted by atomic mass is 10.1. The summed E-state index contributed by atoms with van der Waals surface area (Å²) in [7, 11) is 0. The summed E-state index contributed by atoms with van der Waals surface area (Å²) in [6.07, 6.45) is 0.945. The summed E-state index contributed by atoms with van der Waals surface area (Å²) in [5.74, 6) is 0. The number of hydrogen-bond donors (Lipinski definition) is 2. The van der Waals surface area contributed by atoms with E-state index >= 15 is 0 Å². The van der Waals surface area contributed by atoms with Crippen LogP contribution in [0.15, 0.2) is 35.7 Å². The monoisotopic (exact) mass is 301 g/mol. The Morgan fingerprint density at radius 1 is 1.43 bits per heavy atom. The van der Waals surface area contributed by atoms with Crippen molar-refractivity contribution in [2.45, 2.75) is 25.9 Å². The molecule has 3 rings (SSSR count). The molecule has 3 N–H and O–H groups in total. The van der Waals surface area contributed by atoms with Crippen LogP contribution >= 0.6 is 11.3 Å². The van der Waals surface area contributed by atoms with Crippen molar-refractivity contribution in [3.8, 4) is 0 Å². The van der Waals surface area contributed by atoms with Crippen molar-refractivity contribution in [2.75, 3.05) is 11.9 Å². The summed E-state index contributed by atoms with van der Waals surface area (Å²) in [6, 6.07) is 9.74. The molecule has 0 radical (unpaired) electrons. The summed E-state index contributed by atoms with van der Waals surface area (Å²) in [5.41, 5.74) is 8.96. The lowest BCUT2D eigenvalue weighted by Crippen LogP contribution is -2.38. The van der Waals surface area contributed by atoms with Gasteiger partial charge in [0.15, 0.2) is 0 Å². The minimum atomic E-state index is -0.0475. The fraction of sp³-hybridized carbons (Fsp3) is 0.312. The molecule has 5 heteroatoms. The van der Waals surface area contributed by atoms with Crippen molar-refractivity contribution in [1.82, 2.24) is 4.90 Å². The van der Waals surface area contributed by atoms with Crippen molar-refractivity contribution < 1.29 is 4.79 Å². The van der Waals surface area contributed by atoms with Crippen molar-refractivity contribution in [3.05, 3.63) is 51.7 Å². The lowest BCUT2D eigenvalue weighted by molar-refractivity contribution is 0.207. The Morgan fingerprint density at radius 2 is 2.29 bits per heavy atom. The Hall–Kier alpha value is -1.85. The Morgan fingerprint density at radius 3 is 3.10 bits per heavy atom. The summed E-state index contributed by atoms with van der Waals surface area (Å²) >= 11 is 1.78. The Kier molecular flexibility index (Phi) is 3.94. The fourth-order valence-corrected chi connectivity index (χ4v) is 3.41. The zero-order valence-electron chi connectivity index (χ0n) is 12.0. The van der Waals surface area contributed by atoms with E-state index in [2.05, 4.69) is 16.8 Å². The number of amides is 2. The maximum Gasteiger partial charge on any atom is 0.322 e. The summed E-state index contributed by atoms with van der Waals surface area (Å²) in [4.78, 5) is 15.6. The van der Waals surface area contributed by atoms with Gasteiger partial charge in [0.05, 0.1) is 0 Å². The molecule has 2 amide bonds. The van der Waals surface area contributed by atoms with E-state index in [0.717, 1.165) is 24.2 Å². The van der Waals surface area contributed by atoms with Gasteiger partial charge in [0, 0.05) is 29.7 Å². The second-order valence-corrected chi connectivity index (χ2v) is 6.39. The molecule has 4 nitrogen and oxygen atoms in total. The van der Waals surface area contributed by atoms with Crippen LogP contribution in [0.3, 0.4) is 0 Å². The molecule has 1 aliphatic heterocycles. The maximum atomic E-state index is 12.4. The number of fused-ring (bicyclic) bond motifs is 1. The van der Waals surface area contributed by atoms with Crippen LogP contribution in [-0.4, -0.2) is 17.5 Å². The van der Waals surface area contributed by atoms with E-state index in [1.165, 1.54) is 10.4 Å². The molecule has 1 aromatic heterocycles. The van der Waals surface area contributed by atoms with E-state index in [9.17, 15) is 4.79 Å². The molecule has 0 spiro atoms. The van der Waals surface area contributed by atoms with Crippen LogP contribution in [0.5, 0.6) is 0 Å². The number of carbonyl (C=O) groups excluding carboxylic acids is 1. The van der Waals surface area contributed by atoms with E-state index < -0.39 is 0 Å². The molecule has 110 valence electrons. The van der Waals surface area contributed by atoms with E-state index in [1.54, 1.807) is 11.3 Å². The molecule has 0 saturated heterocycles. The predicted octanol–water partition coefficient (Wildman–Crippen LogP) is 3.36. The zero-order valence-corrected chi connectivity index (χ0v) is 12.8. The van der Waals surface area contributed by atoms with Crippen molar-refractivity contribution >= 4 is 23.1 Å². The minimum Gasteiger partial charge on any atom is -0.324 e. The molecule has 1 atom stereocenters. The first-order valence-corrected chi connectivity index (χ1v) is 7.98. The number of nitrogens with zero attached hydrogens (tertiary/aromatic N) is 1. The Balaban J connectivity index is 1.68. The number of benzene rings is 1. The van der Waals surface area contributed by atoms with Gasteiger partial charge in [-0.3, -0.25) is 0 Å². The number of carbonyl (C=O) groups is 1.